The van der Waals surface area contributed by atoms with Crippen molar-refractivity contribution in [1.82, 2.24) is 0 Å². The van der Waals surface area contributed by atoms with Crippen LogP contribution in [0.3, 0.4) is 0 Å². The lowest BCUT2D eigenvalue weighted by Gasteiger charge is -2.10. The Morgan fingerprint density at radius 2 is 2.00 bits per heavy atom. The summed E-state index contributed by atoms with van der Waals surface area (Å²) in [5, 5.41) is 2.84. The van der Waals surface area contributed by atoms with Crippen molar-refractivity contribution < 1.29 is 9.53 Å². The summed E-state index contributed by atoms with van der Waals surface area (Å²) < 4.78 is 5.52. The number of carbonyl (C=O) groups is 1. The first-order chi connectivity index (χ1) is 8.06. The van der Waals surface area contributed by atoms with E-state index in [0.29, 0.717) is 0 Å². The van der Waals surface area contributed by atoms with Crippen LogP contribution in [-0.4, -0.2) is 18.1 Å². The standard InChI is InChI=1S/C13H18N2O2/c1-8(2)17-10-5-3-9(4-6-10)15-13(16)11-7-12(11)14/h3-6,8,11-12H,7,14H2,1-2H3,(H,15,16). The van der Waals surface area contributed by atoms with Crippen molar-refractivity contribution in [3.8, 4) is 5.75 Å². The highest BCUT2D eigenvalue weighted by Gasteiger charge is 2.39. The molecule has 17 heavy (non-hydrogen) atoms. The van der Waals surface area contributed by atoms with Gasteiger partial charge in [0.25, 0.3) is 0 Å². The van der Waals surface area contributed by atoms with Crippen LogP contribution in [0.15, 0.2) is 24.3 Å². The third-order valence-corrected chi connectivity index (χ3v) is 2.67. The van der Waals surface area contributed by atoms with E-state index >= 15 is 0 Å². The molecule has 1 aromatic rings. The second kappa shape index (κ2) is 4.75. The van der Waals surface area contributed by atoms with E-state index in [9.17, 15) is 4.79 Å². The highest BCUT2D eigenvalue weighted by Crippen LogP contribution is 2.29. The molecule has 0 aliphatic heterocycles. The Balaban J connectivity index is 1.91. The molecule has 0 aromatic heterocycles. The second-order valence-corrected chi connectivity index (χ2v) is 4.69. The van der Waals surface area contributed by atoms with Crippen LogP contribution in [0.25, 0.3) is 0 Å². The van der Waals surface area contributed by atoms with Gasteiger partial charge in [0.05, 0.1) is 12.0 Å². The molecule has 1 aliphatic rings. The Labute approximate surface area is 101 Å². The van der Waals surface area contributed by atoms with Crippen LogP contribution >= 0.6 is 0 Å². The average molecular weight is 234 g/mol. The number of carbonyl (C=O) groups excluding carboxylic acids is 1. The van der Waals surface area contributed by atoms with Crippen molar-refractivity contribution in [1.29, 1.82) is 0 Å². The van der Waals surface area contributed by atoms with Gasteiger partial charge in [-0.3, -0.25) is 4.79 Å². The predicted molar refractivity (Wildman–Crippen MR) is 66.9 cm³/mol. The van der Waals surface area contributed by atoms with Crippen LogP contribution in [0.1, 0.15) is 20.3 Å². The number of amides is 1. The molecule has 0 spiro atoms. The van der Waals surface area contributed by atoms with E-state index in [1.54, 1.807) is 0 Å². The van der Waals surface area contributed by atoms with Gasteiger partial charge in [-0.1, -0.05) is 0 Å². The zero-order valence-corrected chi connectivity index (χ0v) is 10.1. The molecule has 1 fully saturated rings. The first-order valence-electron chi connectivity index (χ1n) is 5.89. The minimum Gasteiger partial charge on any atom is -0.491 e. The van der Waals surface area contributed by atoms with Crippen LogP contribution in [0, 0.1) is 5.92 Å². The van der Waals surface area contributed by atoms with Crippen molar-refractivity contribution in [2.24, 2.45) is 11.7 Å². The molecule has 1 amide bonds. The van der Waals surface area contributed by atoms with E-state index in [4.69, 9.17) is 10.5 Å². The fourth-order valence-corrected chi connectivity index (χ4v) is 1.64. The second-order valence-electron chi connectivity index (χ2n) is 4.69. The molecule has 1 aromatic carbocycles. The highest BCUT2D eigenvalue weighted by molar-refractivity contribution is 5.94. The largest absolute Gasteiger partial charge is 0.491 e. The number of hydrogen-bond acceptors (Lipinski definition) is 3. The summed E-state index contributed by atoms with van der Waals surface area (Å²) in [6, 6.07) is 7.41. The zero-order chi connectivity index (χ0) is 12.4. The molecule has 2 unspecified atom stereocenters. The minimum atomic E-state index is -0.0124. The summed E-state index contributed by atoms with van der Waals surface area (Å²) in [6.45, 7) is 3.95. The van der Waals surface area contributed by atoms with E-state index in [-0.39, 0.29) is 24.0 Å². The molecular formula is C13H18N2O2. The topological polar surface area (TPSA) is 64.3 Å². The smallest absolute Gasteiger partial charge is 0.229 e. The van der Waals surface area contributed by atoms with Gasteiger partial charge in [-0.15, -0.1) is 0 Å². The molecule has 0 radical (unpaired) electrons. The van der Waals surface area contributed by atoms with Gasteiger partial charge in [0.2, 0.25) is 5.91 Å². The fraction of sp³-hybridized carbons (Fsp3) is 0.462. The lowest BCUT2D eigenvalue weighted by atomic mass is 10.2. The Morgan fingerprint density at radius 1 is 1.41 bits per heavy atom. The molecule has 0 saturated heterocycles. The number of benzene rings is 1. The molecule has 0 heterocycles. The lowest BCUT2D eigenvalue weighted by molar-refractivity contribution is -0.117. The molecule has 1 saturated carbocycles. The highest BCUT2D eigenvalue weighted by atomic mass is 16.5. The van der Waals surface area contributed by atoms with Gasteiger partial charge in [0, 0.05) is 11.7 Å². The van der Waals surface area contributed by atoms with Crippen molar-refractivity contribution in [3.05, 3.63) is 24.3 Å². The van der Waals surface area contributed by atoms with Gasteiger partial charge < -0.3 is 15.8 Å². The molecule has 0 bridgehead atoms. The monoisotopic (exact) mass is 234 g/mol. The van der Waals surface area contributed by atoms with Crippen LogP contribution in [0.5, 0.6) is 5.75 Å². The van der Waals surface area contributed by atoms with Gasteiger partial charge in [-0.25, -0.2) is 0 Å². The number of ether oxygens (including phenoxy) is 1. The van der Waals surface area contributed by atoms with Gasteiger partial charge in [-0.2, -0.15) is 0 Å². The molecule has 92 valence electrons. The van der Waals surface area contributed by atoms with Crippen molar-refractivity contribution in [2.75, 3.05) is 5.32 Å². The van der Waals surface area contributed by atoms with Crippen LogP contribution in [0.2, 0.25) is 0 Å². The summed E-state index contributed by atoms with van der Waals surface area (Å²) in [6.07, 6.45) is 0.945. The van der Waals surface area contributed by atoms with E-state index in [2.05, 4.69) is 5.32 Å². The van der Waals surface area contributed by atoms with E-state index in [1.165, 1.54) is 0 Å². The summed E-state index contributed by atoms with van der Waals surface area (Å²) in [4.78, 5) is 11.6. The molecule has 1 aliphatic carbocycles. The summed E-state index contributed by atoms with van der Waals surface area (Å²) >= 11 is 0. The normalized spacial score (nSPS) is 22.4. The average Bonchev–Trinajstić information content (AvgIpc) is 2.98. The molecule has 3 N–H and O–H groups in total. The van der Waals surface area contributed by atoms with Gasteiger partial charge in [-0.05, 0) is 44.5 Å². The maximum absolute atomic E-state index is 11.6. The van der Waals surface area contributed by atoms with Crippen LogP contribution < -0.4 is 15.8 Å². The summed E-state index contributed by atoms with van der Waals surface area (Å²) in [5.41, 5.74) is 6.40. The number of hydrogen-bond donors (Lipinski definition) is 2. The number of rotatable bonds is 4. The number of nitrogens with one attached hydrogen (secondary N) is 1. The number of anilines is 1. The van der Waals surface area contributed by atoms with Crippen molar-refractivity contribution >= 4 is 11.6 Å². The van der Waals surface area contributed by atoms with Gasteiger partial charge in [0.1, 0.15) is 5.75 Å². The Bertz CT molecular complexity index is 400. The molecule has 2 rings (SSSR count). The zero-order valence-electron chi connectivity index (χ0n) is 10.1. The third-order valence-electron chi connectivity index (χ3n) is 2.67. The van der Waals surface area contributed by atoms with E-state index in [1.807, 2.05) is 38.1 Å². The Morgan fingerprint density at radius 3 is 2.47 bits per heavy atom. The van der Waals surface area contributed by atoms with Crippen LogP contribution in [-0.2, 0) is 4.79 Å². The van der Waals surface area contributed by atoms with Crippen molar-refractivity contribution in [2.45, 2.75) is 32.4 Å². The Hall–Kier alpha value is -1.55. The first-order valence-corrected chi connectivity index (χ1v) is 5.89. The predicted octanol–water partition coefficient (Wildman–Crippen LogP) is 1.76. The summed E-state index contributed by atoms with van der Waals surface area (Å²) in [7, 11) is 0. The SMILES string of the molecule is CC(C)Oc1ccc(NC(=O)C2CC2N)cc1. The Kier molecular flexibility index (Phi) is 3.33. The quantitative estimate of drug-likeness (QED) is 0.834. The van der Waals surface area contributed by atoms with Gasteiger partial charge in [0.15, 0.2) is 0 Å². The van der Waals surface area contributed by atoms with Crippen LogP contribution in [0.4, 0.5) is 5.69 Å². The minimum absolute atomic E-state index is 0.00929. The number of nitrogens with two attached hydrogens (primary N) is 1. The van der Waals surface area contributed by atoms with Gasteiger partial charge >= 0.3 is 0 Å². The third kappa shape index (κ3) is 3.20. The van der Waals surface area contributed by atoms with Crippen molar-refractivity contribution in [3.63, 3.8) is 0 Å². The maximum atomic E-state index is 11.6. The summed E-state index contributed by atoms with van der Waals surface area (Å²) in [5.74, 6) is 0.803. The molecular weight excluding hydrogens is 216 g/mol. The maximum Gasteiger partial charge on any atom is 0.229 e. The molecule has 4 heteroatoms. The van der Waals surface area contributed by atoms with E-state index < -0.39 is 0 Å². The lowest BCUT2D eigenvalue weighted by Crippen LogP contribution is -2.18. The van der Waals surface area contributed by atoms with E-state index in [0.717, 1.165) is 17.9 Å². The first kappa shape index (κ1) is 11.9. The molecule has 2 atom stereocenters. The molecule has 4 nitrogen and oxygen atoms in total. The fourth-order valence-electron chi connectivity index (χ4n) is 1.64.